The molecule has 7 aromatic carbocycles. The minimum Gasteiger partial charge on any atom is -0.439 e. The molecule has 254 valence electrons. The molecule has 5 heteroatoms. The van der Waals surface area contributed by atoms with Crippen molar-refractivity contribution in [1.29, 1.82) is 0 Å². The molecular formula is C49H32N4O. The van der Waals surface area contributed by atoms with E-state index in [1.54, 1.807) is 0 Å². The average molecular weight is 693 g/mol. The molecule has 54 heavy (non-hydrogen) atoms. The van der Waals surface area contributed by atoms with E-state index in [0.717, 1.165) is 55.8 Å². The van der Waals surface area contributed by atoms with Crippen LogP contribution in [-0.4, -0.2) is 19.1 Å². The van der Waals surface area contributed by atoms with E-state index in [2.05, 4.69) is 175 Å². The van der Waals surface area contributed by atoms with Crippen LogP contribution in [0.1, 0.15) is 25.0 Å². The summed E-state index contributed by atoms with van der Waals surface area (Å²) in [6, 6.07) is 56.1. The van der Waals surface area contributed by atoms with E-state index >= 15 is 0 Å². The maximum atomic E-state index is 6.62. The van der Waals surface area contributed by atoms with Crippen LogP contribution in [0, 0.1) is 0 Å². The summed E-state index contributed by atoms with van der Waals surface area (Å²) in [5, 5.41) is 6.97. The van der Waals surface area contributed by atoms with Crippen molar-refractivity contribution in [1.82, 2.24) is 19.1 Å². The van der Waals surface area contributed by atoms with E-state index in [4.69, 9.17) is 14.4 Å². The van der Waals surface area contributed by atoms with Crippen molar-refractivity contribution < 1.29 is 4.42 Å². The molecule has 0 bridgehead atoms. The van der Waals surface area contributed by atoms with Crippen LogP contribution in [0.15, 0.2) is 162 Å². The minimum absolute atomic E-state index is 0.274. The molecule has 1 aliphatic heterocycles. The molecule has 1 aliphatic rings. The predicted octanol–water partition coefficient (Wildman–Crippen LogP) is 12.5. The Labute approximate surface area is 310 Å². The molecule has 0 atom stereocenters. The van der Waals surface area contributed by atoms with Crippen LogP contribution in [-0.2, 0) is 5.41 Å². The third-order valence-corrected chi connectivity index (χ3v) is 11.7. The van der Waals surface area contributed by atoms with Gasteiger partial charge in [-0.25, -0.2) is 9.97 Å². The van der Waals surface area contributed by atoms with Crippen molar-refractivity contribution in [3.05, 3.63) is 169 Å². The molecule has 0 saturated heterocycles. The molecule has 4 aromatic heterocycles. The first-order valence-corrected chi connectivity index (χ1v) is 18.5. The van der Waals surface area contributed by atoms with E-state index in [1.165, 1.54) is 49.2 Å². The van der Waals surface area contributed by atoms with Crippen molar-refractivity contribution in [2.75, 3.05) is 0 Å². The Kier molecular flexibility index (Phi) is 5.78. The molecule has 0 N–H and O–H groups in total. The van der Waals surface area contributed by atoms with Gasteiger partial charge in [0, 0.05) is 49.2 Å². The summed E-state index contributed by atoms with van der Waals surface area (Å²) in [5.74, 6) is 0.708. The predicted molar refractivity (Wildman–Crippen MR) is 221 cm³/mol. The molecular weight excluding hydrogens is 661 g/mol. The Morgan fingerprint density at radius 1 is 0.519 bits per heavy atom. The zero-order valence-corrected chi connectivity index (χ0v) is 29.7. The van der Waals surface area contributed by atoms with Gasteiger partial charge < -0.3 is 8.98 Å². The lowest BCUT2D eigenvalue weighted by Crippen LogP contribution is -2.26. The molecule has 0 spiro atoms. The lowest BCUT2D eigenvalue weighted by atomic mass is 9.74. The van der Waals surface area contributed by atoms with E-state index in [-0.39, 0.29) is 5.41 Å². The van der Waals surface area contributed by atoms with E-state index in [1.807, 2.05) is 6.07 Å². The molecule has 0 saturated carbocycles. The summed E-state index contributed by atoms with van der Waals surface area (Å²) >= 11 is 0. The number of benzene rings is 7. The average Bonchev–Trinajstić information content (AvgIpc) is 3.87. The van der Waals surface area contributed by atoms with E-state index < -0.39 is 0 Å². The van der Waals surface area contributed by atoms with Gasteiger partial charge in [0.25, 0.3) is 0 Å². The van der Waals surface area contributed by atoms with Gasteiger partial charge in [-0.1, -0.05) is 111 Å². The Bertz CT molecular complexity index is 3360. The van der Waals surface area contributed by atoms with Crippen molar-refractivity contribution in [2.24, 2.45) is 0 Å². The standard InChI is InChI=1S/C49H32N4O/c1-49(2)37-19-12-18-35-44-34-17-8-11-22-43(34)54-48(44)53(46(35)37)42-26-24-30(28-38(42)49)47-50-39-20-9-6-16-33(39)45(51-47)29-23-25-41-36(27-29)32-15-7-10-21-40(32)52(41)31-13-4-3-5-14-31/h3-28H,1-2H3. The number of aromatic nitrogens is 4. The van der Waals surface area contributed by atoms with Gasteiger partial charge in [-0.15, -0.1) is 0 Å². The van der Waals surface area contributed by atoms with Crippen molar-refractivity contribution in [3.63, 3.8) is 0 Å². The molecule has 0 unspecified atom stereocenters. The lowest BCUT2D eigenvalue weighted by Gasteiger charge is -2.34. The summed E-state index contributed by atoms with van der Waals surface area (Å²) in [5.41, 5.74) is 13.7. The first-order valence-electron chi connectivity index (χ1n) is 18.5. The van der Waals surface area contributed by atoms with Gasteiger partial charge in [0.05, 0.1) is 38.8 Å². The topological polar surface area (TPSA) is 48.8 Å². The molecule has 12 rings (SSSR count). The highest BCUT2D eigenvalue weighted by molar-refractivity contribution is 6.21. The smallest absolute Gasteiger partial charge is 0.213 e. The molecule has 0 amide bonds. The maximum absolute atomic E-state index is 6.62. The summed E-state index contributed by atoms with van der Waals surface area (Å²) in [6.45, 7) is 4.66. The van der Waals surface area contributed by atoms with Crippen LogP contribution in [0.4, 0.5) is 0 Å². The van der Waals surface area contributed by atoms with E-state index in [0.29, 0.717) is 5.82 Å². The van der Waals surface area contributed by atoms with Crippen LogP contribution in [0.2, 0.25) is 0 Å². The third kappa shape index (κ3) is 3.88. The van der Waals surface area contributed by atoms with E-state index in [9.17, 15) is 0 Å². The maximum Gasteiger partial charge on any atom is 0.213 e. The second-order valence-corrected chi connectivity index (χ2v) is 15.0. The Balaban J connectivity index is 1.07. The van der Waals surface area contributed by atoms with Gasteiger partial charge in [-0.2, -0.15) is 0 Å². The van der Waals surface area contributed by atoms with Gasteiger partial charge in [0.15, 0.2) is 5.82 Å². The fourth-order valence-corrected chi connectivity index (χ4v) is 9.19. The Hall–Kier alpha value is -6.98. The first-order chi connectivity index (χ1) is 26.5. The molecule has 11 aromatic rings. The monoisotopic (exact) mass is 692 g/mol. The van der Waals surface area contributed by atoms with Gasteiger partial charge >= 0.3 is 0 Å². The fourth-order valence-electron chi connectivity index (χ4n) is 9.19. The van der Waals surface area contributed by atoms with Crippen molar-refractivity contribution in [2.45, 2.75) is 19.3 Å². The van der Waals surface area contributed by atoms with Crippen LogP contribution >= 0.6 is 0 Å². The summed E-state index contributed by atoms with van der Waals surface area (Å²) < 4.78 is 11.3. The summed E-state index contributed by atoms with van der Waals surface area (Å²) in [4.78, 5) is 10.6. The molecule has 5 nitrogen and oxygen atoms in total. The minimum atomic E-state index is -0.274. The molecule has 0 radical (unpaired) electrons. The van der Waals surface area contributed by atoms with Crippen LogP contribution < -0.4 is 0 Å². The lowest BCUT2D eigenvalue weighted by molar-refractivity contribution is 0.612. The highest BCUT2D eigenvalue weighted by Gasteiger charge is 2.37. The summed E-state index contributed by atoms with van der Waals surface area (Å²) in [7, 11) is 0. The second-order valence-electron chi connectivity index (χ2n) is 15.0. The fraction of sp³-hybridized carbons (Fsp3) is 0.0612. The zero-order chi connectivity index (χ0) is 35.7. The third-order valence-electron chi connectivity index (χ3n) is 11.7. The number of para-hydroxylation sites is 5. The quantitative estimate of drug-likeness (QED) is 0.185. The zero-order valence-electron chi connectivity index (χ0n) is 29.7. The number of fused-ring (bicyclic) bond motifs is 11. The Morgan fingerprint density at radius 2 is 1.24 bits per heavy atom. The first kappa shape index (κ1) is 29.6. The number of hydrogen-bond donors (Lipinski definition) is 0. The number of hydrogen-bond acceptors (Lipinski definition) is 3. The molecule has 0 fully saturated rings. The Morgan fingerprint density at radius 3 is 2.13 bits per heavy atom. The normalized spacial score (nSPS) is 13.5. The SMILES string of the molecule is CC1(C)c2cc(-c3nc(-c4ccc5c(c4)c4ccccc4n5-c4ccccc4)c4ccccc4n3)ccc2-n2c3oc4ccccc4c3c3cccc1c32. The highest BCUT2D eigenvalue weighted by Crippen LogP contribution is 2.50. The van der Waals surface area contributed by atoms with Gasteiger partial charge in [0.2, 0.25) is 5.71 Å². The van der Waals surface area contributed by atoms with Gasteiger partial charge in [0.1, 0.15) is 5.58 Å². The van der Waals surface area contributed by atoms with Crippen molar-refractivity contribution >= 4 is 65.7 Å². The highest BCUT2D eigenvalue weighted by atomic mass is 16.3. The number of nitrogens with zero attached hydrogens (tertiary/aromatic N) is 4. The molecule has 5 heterocycles. The van der Waals surface area contributed by atoms with Gasteiger partial charge in [-0.05, 0) is 71.8 Å². The van der Waals surface area contributed by atoms with Crippen LogP contribution in [0.3, 0.4) is 0 Å². The van der Waals surface area contributed by atoms with Crippen LogP contribution in [0.5, 0.6) is 0 Å². The summed E-state index contributed by atoms with van der Waals surface area (Å²) in [6.07, 6.45) is 0. The second kappa shape index (κ2) is 10.6. The number of furan rings is 1. The largest absolute Gasteiger partial charge is 0.439 e. The van der Waals surface area contributed by atoms with Gasteiger partial charge in [-0.3, -0.25) is 4.57 Å². The molecule has 0 aliphatic carbocycles. The van der Waals surface area contributed by atoms with Crippen LogP contribution in [0.25, 0.3) is 99.7 Å². The number of rotatable bonds is 3. The van der Waals surface area contributed by atoms with Crippen molar-refractivity contribution in [3.8, 4) is 34.0 Å².